The van der Waals surface area contributed by atoms with Crippen molar-refractivity contribution < 1.29 is 4.79 Å². The molecule has 0 aromatic rings. The second-order valence-electron chi connectivity index (χ2n) is 2.88. The van der Waals surface area contributed by atoms with Gasteiger partial charge in [-0.3, -0.25) is 9.69 Å². The molecule has 0 atom stereocenters. The van der Waals surface area contributed by atoms with Gasteiger partial charge in [-0.05, 0) is 33.4 Å². The molecule has 9 heavy (non-hydrogen) atoms. The minimum Gasteiger partial charge on any atom is -0.297 e. The highest BCUT2D eigenvalue weighted by Crippen LogP contribution is 2.33. The molecule has 1 radical (unpaired) electrons. The number of hydrogen-bond donors (Lipinski definition) is 0. The summed E-state index contributed by atoms with van der Waals surface area (Å²) in [6, 6.07) is 0. The fourth-order valence-corrected chi connectivity index (χ4v) is 1.15. The molecule has 1 aliphatic rings. The second kappa shape index (κ2) is 2.10. The first-order chi connectivity index (χ1) is 4.21. The maximum absolute atomic E-state index is 10.4. The van der Waals surface area contributed by atoms with Crippen molar-refractivity contribution in [3.63, 3.8) is 0 Å². The maximum Gasteiger partial charge on any atom is 0.220 e. The lowest BCUT2D eigenvalue weighted by Gasteiger charge is -2.41. The zero-order valence-corrected chi connectivity index (χ0v) is 5.98. The lowest BCUT2D eigenvalue weighted by atomic mass is 9.77. The Bertz CT molecular complexity index is 116. The van der Waals surface area contributed by atoms with E-state index in [2.05, 4.69) is 6.29 Å². The molecule has 1 aliphatic carbocycles. The lowest BCUT2D eigenvalue weighted by Crippen LogP contribution is -2.51. The SMILES string of the molecule is CN(C)C1([C]=O)CCC1. The summed E-state index contributed by atoms with van der Waals surface area (Å²) < 4.78 is 0. The summed E-state index contributed by atoms with van der Waals surface area (Å²) in [7, 11) is 3.87. The van der Waals surface area contributed by atoms with Gasteiger partial charge in [0.1, 0.15) is 0 Å². The highest BCUT2D eigenvalue weighted by molar-refractivity contribution is 5.66. The van der Waals surface area contributed by atoms with Crippen molar-refractivity contribution in [1.29, 1.82) is 0 Å². The normalized spacial score (nSPS) is 23.4. The molecule has 0 heterocycles. The second-order valence-corrected chi connectivity index (χ2v) is 2.88. The summed E-state index contributed by atoms with van der Waals surface area (Å²) in [5.74, 6) is 0. The maximum atomic E-state index is 10.4. The predicted molar refractivity (Wildman–Crippen MR) is 36.0 cm³/mol. The number of rotatable bonds is 2. The molecule has 0 spiro atoms. The van der Waals surface area contributed by atoms with Crippen molar-refractivity contribution in [2.45, 2.75) is 24.8 Å². The average molecular weight is 126 g/mol. The molecule has 0 saturated heterocycles. The summed E-state index contributed by atoms with van der Waals surface area (Å²) in [5.41, 5.74) is -0.208. The van der Waals surface area contributed by atoms with Crippen LogP contribution in [0, 0.1) is 0 Å². The van der Waals surface area contributed by atoms with Crippen LogP contribution in [0.3, 0.4) is 0 Å². The van der Waals surface area contributed by atoms with Gasteiger partial charge in [-0.2, -0.15) is 0 Å². The molecule has 0 amide bonds. The topological polar surface area (TPSA) is 20.3 Å². The first-order valence-electron chi connectivity index (χ1n) is 3.28. The summed E-state index contributed by atoms with van der Waals surface area (Å²) in [6.45, 7) is 0. The Labute approximate surface area is 55.8 Å². The van der Waals surface area contributed by atoms with E-state index in [1.165, 1.54) is 6.42 Å². The average Bonchev–Trinajstić information content (AvgIpc) is 1.62. The molecule has 0 bridgehead atoms. The molecular formula is C7H12NO. The van der Waals surface area contributed by atoms with Crippen molar-refractivity contribution in [1.82, 2.24) is 4.90 Å². The van der Waals surface area contributed by atoms with E-state index in [0.717, 1.165) is 12.8 Å². The smallest absolute Gasteiger partial charge is 0.220 e. The van der Waals surface area contributed by atoms with Crippen LogP contribution < -0.4 is 0 Å². The van der Waals surface area contributed by atoms with Crippen LogP contribution in [0.4, 0.5) is 0 Å². The fraction of sp³-hybridized carbons (Fsp3) is 0.857. The first-order valence-corrected chi connectivity index (χ1v) is 3.28. The van der Waals surface area contributed by atoms with Crippen molar-refractivity contribution in [2.75, 3.05) is 14.1 Å². The van der Waals surface area contributed by atoms with Gasteiger partial charge >= 0.3 is 0 Å². The van der Waals surface area contributed by atoms with Crippen LogP contribution in [0.15, 0.2) is 0 Å². The van der Waals surface area contributed by atoms with Gasteiger partial charge in [-0.1, -0.05) is 0 Å². The predicted octanol–water partition coefficient (Wildman–Crippen LogP) is 0.580. The largest absolute Gasteiger partial charge is 0.297 e. The van der Waals surface area contributed by atoms with E-state index >= 15 is 0 Å². The van der Waals surface area contributed by atoms with Gasteiger partial charge in [-0.25, -0.2) is 0 Å². The Hall–Kier alpha value is -0.370. The summed E-state index contributed by atoms with van der Waals surface area (Å²) in [4.78, 5) is 12.3. The van der Waals surface area contributed by atoms with Gasteiger partial charge in [-0.15, -0.1) is 0 Å². The fourth-order valence-electron chi connectivity index (χ4n) is 1.15. The molecule has 1 rings (SSSR count). The zero-order chi connectivity index (χ0) is 6.91. The number of carbonyl (C=O) groups excluding carboxylic acids is 1. The molecule has 2 heteroatoms. The molecule has 0 aromatic carbocycles. The van der Waals surface area contributed by atoms with Crippen LogP contribution in [0.1, 0.15) is 19.3 Å². The van der Waals surface area contributed by atoms with Crippen LogP contribution in [0.25, 0.3) is 0 Å². The lowest BCUT2D eigenvalue weighted by molar-refractivity contribution is 0.128. The van der Waals surface area contributed by atoms with Crippen molar-refractivity contribution in [3.05, 3.63) is 0 Å². The van der Waals surface area contributed by atoms with Crippen LogP contribution in [0.2, 0.25) is 0 Å². The van der Waals surface area contributed by atoms with E-state index in [9.17, 15) is 4.79 Å². The van der Waals surface area contributed by atoms with Crippen LogP contribution in [0.5, 0.6) is 0 Å². The van der Waals surface area contributed by atoms with Gasteiger partial charge in [0.15, 0.2) is 0 Å². The first kappa shape index (κ1) is 6.75. The summed E-state index contributed by atoms with van der Waals surface area (Å²) >= 11 is 0. The standard InChI is InChI=1S/C7H12NO/c1-8(2)7(6-9)4-3-5-7/h3-5H2,1-2H3. The number of hydrogen-bond acceptors (Lipinski definition) is 2. The zero-order valence-electron chi connectivity index (χ0n) is 5.98. The van der Waals surface area contributed by atoms with Gasteiger partial charge in [0, 0.05) is 0 Å². The van der Waals surface area contributed by atoms with Gasteiger partial charge in [0.2, 0.25) is 6.29 Å². The molecular weight excluding hydrogens is 114 g/mol. The number of nitrogens with zero attached hydrogens (tertiary/aromatic N) is 1. The minimum absolute atomic E-state index is 0.208. The molecule has 0 aromatic heterocycles. The Morgan fingerprint density at radius 3 is 2.00 bits per heavy atom. The van der Waals surface area contributed by atoms with Gasteiger partial charge < -0.3 is 0 Å². The third kappa shape index (κ3) is 0.874. The van der Waals surface area contributed by atoms with E-state index in [1.54, 1.807) is 0 Å². The van der Waals surface area contributed by atoms with E-state index in [4.69, 9.17) is 0 Å². The highest BCUT2D eigenvalue weighted by atomic mass is 16.1. The monoisotopic (exact) mass is 126 g/mol. The minimum atomic E-state index is -0.208. The molecule has 0 N–H and O–H groups in total. The van der Waals surface area contributed by atoms with Crippen molar-refractivity contribution in [3.8, 4) is 0 Å². The third-order valence-corrected chi connectivity index (χ3v) is 2.23. The van der Waals surface area contributed by atoms with E-state index in [1.807, 2.05) is 19.0 Å². The van der Waals surface area contributed by atoms with E-state index in [0.29, 0.717) is 0 Å². The Kier molecular flexibility index (Phi) is 1.58. The molecule has 51 valence electrons. The Morgan fingerprint density at radius 1 is 1.44 bits per heavy atom. The van der Waals surface area contributed by atoms with Gasteiger partial charge in [0.25, 0.3) is 0 Å². The molecule has 0 aliphatic heterocycles. The Morgan fingerprint density at radius 2 is 2.00 bits per heavy atom. The summed E-state index contributed by atoms with van der Waals surface area (Å²) in [5, 5.41) is 0. The van der Waals surface area contributed by atoms with Crippen LogP contribution in [-0.2, 0) is 4.79 Å². The quantitative estimate of drug-likeness (QED) is 0.539. The molecule has 2 nitrogen and oxygen atoms in total. The molecule has 1 fully saturated rings. The van der Waals surface area contributed by atoms with Crippen LogP contribution >= 0.6 is 0 Å². The third-order valence-electron chi connectivity index (χ3n) is 2.23. The van der Waals surface area contributed by atoms with Crippen LogP contribution in [-0.4, -0.2) is 30.8 Å². The van der Waals surface area contributed by atoms with E-state index in [-0.39, 0.29) is 5.54 Å². The Balaban J connectivity index is 2.56. The molecule has 1 saturated carbocycles. The van der Waals surface area contributed by atoms with Gasteiger partial charge in [0.05, 0.1) is 5.54 Å². The van der Waals surface area contributed by atoms with Crippen molar-refractivity contribution >= 4 is 6.29 Å². The summed E-state index contributed by atoms with van der Waals surface area (Å²) in [6.07, 6.45) is 5.24. The molecule has 0 unspecified atom stereocenters. The van der Waals surface area contributed by atoms with E-state index < -0.39 is 0 Å². The highest BCUT2D eigenvalue weighted by Gasteiger charge is 2.39. The number of likely N-dealkylation sites (N-methyl/N-ethyl adjacent to an activating group) is 1. The van der Waals surface area contributed by atoms with Crippen molar-refractivity contribution in [2.24, 2.45) is 0 Å².